The molecule has 1 heterocycles. The highest BCUT2D eigenvalue weighted by Crippen LogP contribution is 2.22. The Balaban J connectivity index is 2.85. The lowest BCUT2D eigenvalue weighted by Crippen LogP contribution is -2.42. The van der Waals surface area contributed by atoms with Crippen LogP contribution in [0.15, 0.2) is 16.3 Å². The standard InChI is InChI=1S/C12H22N2O2S2/c1-5-6-12(2,3)14-18(15,16)11-7-10(8-13-4)17-9-11/h7,9,13-14H,5-6,8H2,1-4H3. The van der Waals surface area contributed by atoms with Crippen LogP contribution in [0.3, 0.4) is 0 Å². The van der Waals surface area contributed by atoms with Crippen LogP contribution in [0.2, 0.25) is 0 Å². The van der Waals surface area contributed by atoms with E-state index in [4.69, 9.17) is 0 Å². The highest BCUT2D eigenvalue weighted by atomic mass is 32.2. The topological polar surface area (TPSA) is 58.2 Å². The van der Waals surface area contributed by atoms with Crippen molar-refractivity contribution in [2.75, 3.05) is 7.05 Å². The van der Waals surface area contributed by atoms with E-state index in [1.54, 1.807) is 11.4 Å². The summed E-state index contributed by atoms with van der Waals surface area (Å²) in [5.74, 6) is 0. The van der Waals surface area contributed by atoms with Crippen molar-refractivity contribution in [2.24, 2.45) is 0 Å². The van der Waals surface area contributed by atoms with E-state index in [-0.39, 0.29) is 0 Å². The molecule has 18 heavy (non-hydrogen) atoms. The molecule has 0 aliphatic rings. The fraction of sp³-hybridized carbons (Fsp3) is 0.667. The molecule has 0 aromatic carbocycles. The van der Waals surface area contributed by atoms with Gasteiger partial charge in [-0.25, -0.2) is 13.1 Å². The molecule has 0 saturated heterocycles. The van der Waals surface area contributed by atoms with E-state index >= 15 is 0 Å². The van der Waals surface area contributed by atoms with Gasteiger partial charge in [0.1, 0.15) is 0 Å². The van der Waals surface area contributed by atoms with Gasteiger partial charge in [-0.2, -0.15) is 0 Å². The lowest BCUT2D eigenvalue weighted by Gasteiger charge is -2.25. The average Bonchev–Trinajstić information content (AvgIpc) is 2.65. The first-order valence-electron chi connectivity index (χ1n) is 6.07. The van der Waals surface area contributed by atoms with E-state index in [0.717, 1.165) is 17.7 Å². The van der Waals surface area contributed by atoms with Gasteiger partial charge in [0.25, 0.3) is 0 Å². The predicted molar refractivity (Wildman–Crippen MR) is 76.4 cm³/mol. The molecule has 0 fully saturated rings. The molecule has 0 saturated carbocycles. The zero-order valence-electron chi connectivity index (χ0n) is 11.4. The number of thiophene rings is 1. The van der Waals surface area contributed by atoms with Crippen molar-refractivity contribution in [3.05, 3.63) is 16.3 Å². The van der Waals surface area contributed by atoms with Crippen molar-refractivity contribution >= 4 is 21.4 Å². The average molecular weight is 290 g/mol. The zero-order valence-corrected chi connectivity index (χ0v) is 13.0. The Kier molecular flexibility index (Phi) is 5.33. The van der Waals surface area contributed by atoms with E-state index in [2.05, 4.69) is 10.0 Å². The number of rotatable bonds is 7. The van der Waals surface area contributed by atoms with E-state index in [1.165, 1.54) is 11.3 Å². The van der Waals surface area contributed by atoms with Gasteiger partial charge < -0.3 is 5.32 Å². The van der Waals surface area contributed by atoms with E-state index in [0.29, 0.717) is 11.4 Å². The summed E-state index contributed by atoms with van der Waals surface area (Å²) in [7, 11) is -1.56. The van der Waals surface area contributed by atoms with Gasteiger partial charge in [-0.1, -0.05) is 13.3 Å². The summed E-state index contributed by atoms with van der Waals surface area (Å²) in [6.45, 7) is 6.56. The Hall–Kier alpha value is -0.430. The fourth-order valence-electron chi connectivity index (χ4n) is 1.87. The molecule has 0 amide bonds. The van der Waals surface area contributed by atoms with Gasteiger partial charge in [-0.3, -0.25) is 0 Å². The second kappa shape index (κ2) is 6.14. The van der Waals surface area contributed by atoms with Crippen LogP contribution >= 0.6 is 11.3 Å². The van der Waals surface area contributed by atoms with Gasteiger partial charge in [0, 0.05) is 22.3 Å². The quantitative estimate of drug-likeness (QED) is 0.810. The summed E-state index contributed by atoms with van der Waals surface area (Å²) < 4.78 is 27.2. The Morgan fingerprint density at radius 1 is 1.39 bits per heavy atom. The van der Waals surface area contributed by atoms with Gasteiger partial charge >= 0.3 is 0 Å². The number of sulfonamides is 1. The minimum absolute atomic E-state index is 0.363. The minimum atomic E-state index is -3.41. The number of nitrogens with one attached hydrogen (secondary N) is 2. The number of hydrogen-bond acceptors (Lipinski definition) is 4. The summed E-state index contributed by atoms with van der Waals surface area (Å²) in [4.78, 5) is 1.38. The van der Waals surface area contributed by atoms with Crippen molar-refractivity contribution in [2.45, 2.75) is 50.6 Å². The first-order chi connectivity index (χ1) is 8.30. The molecule has 104 valence electrons. The van der Waals surface area contributed by atoms with Crippen LogP contribution in [0.4, 0.5) is 0 Å². The fourth-order valence-corrected chi connectivity index (χ4v) is 4.60. The van der Waals surface area contributed by atoms with Gasteiger partial charge in [0.15, 0.2) is 0 Å². The van der Waals surface area contributed by atoms with Gasteiger partial charge in [-0.05, 0) is 33.4 Å². The minimum Gasteiger partial charge on any atom is -0.315 e. The van der Waals surface area contributed by atoms with Crippen molar-refractivity contribution < 1.29 is 8.42 Å². The van der Waals surface area contributed by atoms with E-state index in [1.807, 2.05) is 27.8 Å². The van der Waals surface area contributed by atoms with E-state index < -0.39 is 15.6 Å². The van der Waals surface area contributed by atoms with Crippen LogP contribution in [0, 0.1) is 0 Å². The van der Waals surface area contributed by atoms with Crippen molar-refractivity contribution in [1.29, 1.82) is 0 Å². The second-order valence-corrected chi connectivity index (χ2v) is 7.70. The molecule has 0 unspecified atom stereocenters. The molecule has 4 nitrogen and oxygen atoms in total. The molecule has 0 atom stereocenters. The maximum absolute atomic E-state index is 12.2. The third-order valence-corrected chi connectivity index (χ3v) is 5.34. The molecule has 6 heteroatoms. The predicted octanol–water partition coefficient (Wildman–Crippen LogP) is 2.32. The molecular formula is C12H22N2O2S2. The third-order valence-electron chi connectivity index (χ3n) is 2.58. The Bertz CT molecular complexity index is 478. The molecule has 0 radical (unpaired) electrons. The molecule has 1 rings (SSSR count). The lowest BCUT2D eigenvalue weighted by molar-refractivity contribution is 0.418. The SMILES string of the molecule is CCCC(C)(C)NS(=O)(=O)c1csc(CNC)c1. The first kappa shape index (κ1) is 15.6. The van der Waals surface area contributed by atoms with E-state index in [9.17, 15) is 8.42 Å². The molecule has 2 N–H and O–H groups in total. The molecule has 0 spiro atoms. The largest absolute Gasteiger partial charge is 0.315 e. The normalized spacial score (nSPS) is 12.9. The summed E-state index contributed by atoms with van der Waals surface area (Å²) in [5, 5.41) is 4.70. The highest BCUT2D eigenvalue weighted by molar-refractivity contribution is 7.89. The van der Waals surface area contributed by atoms with Crippen molar-refractivity contribution in [1.82, 2.24) is 10.0 Å². The Morgan fingerprint density at radius 2 is 2.06 bits per heavy atom. The van der Waals surface area contributed by atoms with Crippen LogP contribution in [-0.2, 0) is 16.6 Å². The molecule has 0 aliphatic heterocycles. The lowest BCUT2D eigenvalue weighted by atomic mass is 10.0. The van der Waals surface area contributed by atoms with Gasteiger partial charge in [0.2, 0.25) is 10.0 Å². The van der Waals surface area contributed by atoms with Gasteiger partial charge in [0.05, 0.1) is 4.90 Å². The van der Waals surface area contributed by atoms with Crippen molar-refractivity contribution in [3.63, 3.8) is 0 Å². The number of hydrogen-bond donors (Lipinski definition) is 2. The Labute approximate surface area is 114 Å². The summed E-state index contributed by atoms with van der Waals surface area (Å²) in [6.07, 6.45) is 1.77. The highest BCUT2D eigenvalue weighted by Gasteiger charge is 2.26. The Morgan fingerprint density at radius 3 is 2.61 bits per heavy atom. The second-order valence-electron chi connectivity index (χ2n) is 5.02. The maximum atomic E-state index is 12.2. The van der Waals surface area contributed by atoms with Crippen LogP contribution in [0.25, 0.3) is 0 Å². The molecule has 1 aromatic rings. The van der Waals surface area contributed by atoms with Gasteiger partial charge in [-0.15, -0.1) is 11.3 Å². The summed E-state index contributed by atoms with van der Waals surface area (Å²) in [5.41, 5.74) is -0.404. The molecule has 0 bridgehead atoms. The molecular weight excluding hydrogens is 268 g/mol. The van der Waals surface area contributed by atoms with Crippen LogP contribution in [0.1, 0.15) is 38.5 Å². The van der Waals surface area contributed by atoms with Crippen LogP contribution in [-0.4, -0.2) is 21.0 Å². The van der Waals surface area contributed by atoms with Crippen LogP contribution in [0.5, 0.6) is 0 Å². The van der Waals surface area contributed by atoms with Crippen molar-refractivity contribution in [3.8, 4) is 0 Å². The maximum Gasteiger partial charge on any atom is 0.241 e. The summed E-state index contributed by atoms with van der Waals surface area (Å²) >= 11 is 1.46. The summed E-state index contributed by atoms with van der Waals surface area (Å²) in [6, 6.07) is 1.73. The molecule has 0 aliphatic carbocycles. The first-order valence-corrected chi connectivity index (χ1v) is 8.43. The van der Waals surface area contributed by atoms with Crippen LogP contribution < -0.4 is 10.0 Å². The third kappa shape index (κ3) is 4.35. The monoisotopic (exact) mass is 290 g/mol. The molecule has 1 aromatic heterocycles. The smallest absolute Gasteiger partial charge is 0.241 e. The zero-order chi connectivity index (χ0) is 13.8.